The molecular weight excluding hydrogens is 271 g/mol. The average molecular weight is 285 g/mol. The Kier molecular flexibility index (Phi) is 4.69. The van der Waals surface area contributed by atoms with Crippen molar-refractivity contribution >= 4 is 22.9 Å². The number of hydrogen-bond donors (Lipinski definition) is 1. The zero-order valence-electron chi connectivity index (χ0n) is 10.0. The lowest BCUT2D eigenvalue weighted by atomic mass is 10.2. The molecule has 0 aliphatic carbocycles. The Labute approximate surface area is 115 Å². The van der Waals surface area contributed by atoms with Gasteiger partial charge in [-0.1, -0.05) is 24.6 Å². The van der Waals surface area contributed by atoms with Crippen molar-refractivity contribution in [3.05, 3.63) is 50.7 Å². The fraction of sp³-hybridized carbons (Fsp3) is 0.308. The van der Waals surface area contributed by atoms with Crippen LogP contribution in [-0.2, 0) is 19.5 Å². The van der Waals surface area contributed by atoms with Crippen molar-refractivity contribution in [3.63, 3.8) is 0 Å². The van der Waals surface area contributed by atoms with E-state index < -0.39 is 0 Å². The van der Waals surface area contributed by atoms with Gasteiger partial charge in [0.05, 0.1) is 5.02 Å². The van der Waals surface area contributed by atoms with Crippen LogP contribution in [0.25, 0.3) is 0 Å². The standard InChI is InChI=1S/C13H14ClFN2S/c1-2-10-7-17-13(18-10)8-16-6-9-3-4-11(14)12(15)5-9/h3-5,7,16H,2,6,8H2,1H3. The first-order valence-corrected chi connectivity index (χ1v) is 6.96. The van der Waals surface area contributed by atoms with Crippen molar-refractivity contribution in [2.45, 2.75) is 26.4 Å². The first-order valence-electron chi connectivity index (χ1n) is 5.77. The summed E-state index contributed by atoms with van der Waals surface area (Å²) in [7, 11) is 0. The van der Waals surface area contributed by atoms with Gasteiger partial charge in [0.25, 0.3) is 0 Å². The molecule has 0 bridgehead atoms. The molecule has 0 aliphatic rings. The van der Waals surface area contributed by atoms with E-state index in [0.29, 0.717) is 13.1 Å². The summed E-state index contributed by atoms with van der Waals surface area (Å²) in [5, 5.41) is 4.46. The van der Waals surface area contributed by atoms with Crippen LogP contribution in [0.4, 0.5) is 4.39 Å². The second kappa shape index (κ2) is 6.27. The molecule has 0 saturated carbocycles. The predicted molar refractivity (Wildman–Crippen MR) is 73.4 cm³/mol. The van der Waals surface area contributed by atoms with Crippen LogP contribution in [-0.4, -0.2) is 4.98 Å². The third-order valence-electron chi connectivity index (χ3n) is 2.54. The molecule has 2 aromatic rings. The van der Waals surface area contributed by atoms with E-state index in [4.69, 9.17) is 11.6 Å². The monoisotopic (exact) mass is 284 g/mol. The van der Waals surface area contributed by atoms with Gasteiger partial charge in [-0.15, -0.1) is 11.3 Å². The number of nitrogens with one attached hydrogen (secondary N) is 1. The second-order valence-corrected chi connectivity index (χ2v) is 5.53. The van der Waals surface area contributed by atoms with Gasteiger partial charge in [0.2, 0.25) is 0 Å². The Balaban J connectivity index is 1.86. The molecule has 0 fully saturated rings. The molecular formula is C13H14ClFN2S. The number of aromatic nitrogens is 1. The molecule has 0 aliphatic heterocycles. The van der Waals surface area contributed by atoms with Crippen molar-refractivity contribution in [1.29, 1.82) is 0 Å². The lowest BCUT2D eigenvalue weighted by molar-refractivity contribution is 0.620. The minimum atomic E-state index is -0.376. The van der Waals surface area contributed by atoms with E-state index in [1.54, 1.807) is 17.4 Å². The Bertz CT molecular complexity index is 527. The number of aryl methyl sites for hydroxylation is 1. The van der Waals surface area contributed by atoms with Gasteiger partial charge in [-0.3, -0.25) is 0 Å². The van der Waals surface area contributed by atoms with Gasteiger partial charge >= 0.3 is 0 Å². The van der Waals surface area contributed by atoms with E-state index in [2.05, 4.69) is 17.2 Å². The summed E-state index contributed by atoms with van der Waals surface area (Å²) in [5.41, 5.74) is 0.879. The minimum Gasteiger partial charge on any atom is -0.306 e. The molecule has 96 valence electrons. The number of rotatable bonds is 5. The fourth-order valence-electron chi connectivity index (χ4n) is 1.56. The highest BCUT2D eigenvalue weighted by Gasteiger charge is 2.02. The van der Waals surface area contributed by atoms with Crippen molar-refractivity contribution < 1.29 is 4.39 Å². The van der Waals surface area contributed by atoms with Crippen molar-refractivity contribution in [2.75, 3.05) is 0 Å². The number of thiazole rings is 1. The molecule has 2 rings (SSSR count). The Morgan fingerprint density at radius 3 is 2.89 bits per heavy atom. The summed E-state index contributed by atoms with van der Waals surface area (Å²) >= 11 is 7.33. The van der Waals surface area contributed by atoms with Gasteiger partial charge in [0.1, 0.15) is 10.8 Å². The molecule has 0 spiro atoms. The highest BCUT2D eigenvalue weighted by molar-refractivity contribution is 7.11. The topological polar surface area (TPSA) is 24.9 Å². The van der Waals surface area contributed by atoms with Crippen LogP contribution in [0.3, 0.4) is 0 Å². The summed E-state index contributed by atoms with van der Waals surface area (Å²) in [6.45, 7) is 3.42. The summed E-state index contributed by atoms with van der Waals surface area (Å²) in [5.74, 6) is -0.376. The van der Waals surface area contributed by atoms with Gasteiger partial charge in [-0.25, -0.2) is 9.37 Å². The highest BCUT2D eigenvalue weighted by atomic mass is 35.5. The van der Waals surface area contributed by atoms with E-state index in [1.807, 2.05) is 12.3 Å². The molecule has 0 radical (unpaired) electrons. The number of hydrogen-bond acceptors (Lipinski definition) is 3. The number of benzene rings is 1. The van der Waals surface area contributed by atoms with Gasteiger partial charge in [-0.2, -0.15) is 0 Å². The molecule has 1 aromatic carbocycles. The van der Waals surface area contributed by atoms with E-state index in [9.17, 15) is 4.39 Å². The zero-order chi connectivity index (χ0) is 13.0. The molecule has 5 heteroatoms. The summed E-state index contributed by atoms with van der Waals surface area (Å²) in [6, 6.07) is 4.85. The lowest BCUT2D eigenvalue weighted by Crippen LogP contribution is -2.12. The van der Waals surface area contributed by atoms with Crippen molar-refractivity contribution in [3.8, 4) is 0 Å². The van der Waals surface area contributed by atoms with E-state index >= 15 is 0 Å². The first kappa shape index (κ1) is 13.5. The molecule has 1 aromatic heterocycles. The molecule has 0 saturated heterocycles. The van der Waals surface area contributed by atoms with Gasteiger partial charge < -0.3 is 5.32 Å². The van der Waals surface area contributed by atoms with Crippen LogP contribution >= 0.6 is 22.9 Å². The van der Waals surface area contributed by atoms with Gasteiger partial charge in [0, 0.05) is 24.2 Å². The molecule has 0 amide bonds. The molecule has 2 nitrogen and oxygen atoms in total. The maximum absolute atomic E-state index is 13.2. The summed E-state index contributed by atoms with van der Waals surface area (Å²) < 4.78 is 13.2. The van der Waals surface area contributed by atoms with Crippen molar-refractivity contribution in [1.82, 2.24) is 10.3 Å². The SMILES string of the molecule is CCc1cnc(CNCc2ccc(Cl)c(F)c2)s1. The van der Waals surface area contributed by atoms with E-state index in [1.165, 1.54) is 10.9 Å². The van der Waals surface area contributed by atoms with Crippen LogP contribution < -0.4 is 5.32 Å². The van der Waals surface area contributed by atoms with Gasteiger partial charge in [-0.05, 0) is 24.1 Å². The normalized spacial score (nSPS) is 10.8. The molecule has 1 N–H and O–H groups in total. The zero-order valence-corrected chi connectivity index (χ0v) is 11.6. The molecule has 0 atom stereocenters. The third-order valence-corrected chi connectivity index (χ3v) is 3.99. The van der Waals surface area contributed by atoms with Crippen LogP contribution in [0.5, 0.6) is 0 Å². The Hall–Kier alpha value is -0.970. The van der Waals surface area contributed by atoms with Crippen LogP contribution in [0.2, 0.25) is 5.02 Å². The molecule has 18 heavy (non-hydrogen) atoms. The highest BCUT2D eigenvalue weighted by Crippen LogP contribution is 2.16. The molecule has 1 heterocycles. The minimum absolute atomic E-state index is 0.159. The second-order valence-electron chi connectivity index (χ2n) is 3.93. The maximum Gasteiger partial charge on any atom is 0.142 e. The van der Waals surface area contributed by atoms with Crippen molar-refractivity contribution in [2.24, 2.45) is 0 Å². The van der Waals surface area contributed by atoms with E-state index in [-0.39, 0.29) is 10.8 Å². The molecule has 0 unspecified atom stereocenters. The number of halogens is 2. The number of nitrogens with zero attached hydrogens (tertiary/aromatic N) is 1. The van der Waals surface area contributed by atoms with Crippen LogP contribution in [0.1, 0.15) is 22.4 Å². The fourth-order valence-corrected chi connectivity index (χ4v) is 2.51. The lowest BCUT2D eigenvalue weighted by Gasteiger charge is -2.03. The average Bonchev–Trinajstić information content (AvgIpc) is 2.82. The van der Waals surface area contributed by atoms with Gasteiger partial charge in [0.15, 0.2) is 0 Å². The Morgan fingerprint density at radius 1 is 1.39 bits per heavy atom. The van der Waals surface area contributed by atoms with Crippen LogP contribution in [0, 0.1) is 5.82 Å². The van der Waals surface area contributed by atoms with E-state index in [0.717, 1.165) is 17.0 Å². The smallest absolute Gasteiger partial charge is 0.142 e. The largest absolute Gasteiger partial charge is 0.306 e. The first-order chi connectivity index (χ1) is 8.69. The van der Waals surface area contributed by atoms with Crippen LogP contribution in [0.15, 0.2) is 24.4 Å². The quantitative estimate of drug-likeness (QED) is 0.904. The predicted octanol–water partition coefficient (Wildman–Crippen LogP) is 3.79. The summed E-state index contributed by atoms with van der Waals surface area (Å²) in [4.78, 5) is 5.59. The summed E-state index contributed by atoms with van der Waals surface area (Å²) in [6.07, 6.45) is 2.92. The maximum atomic E-state index is 13.2. The third kappa shape index (κ3) is 3.51. The Morgan fingerprint density at radius 2 is 2.22 bits per heavy atom.